The van der Waals surface area contributed by atoms with Crippen LogP contribution in [0.1, 0.15) is 23.7 Å². The van der Waals surface area contributed by atoms with Gasteiger partial charge in [0.25, 0.3) is 0 Å². The number of benzene rings is 1. The second-order valence-corrected chi connectivity index (χ2v) is 4.44. The molecule has 0 saturated carbocycles. The number of esters is 1. The van der Waals surface area contributed by atoms with E-state index in [0.29, 0.717) is 24.5 Å². The summed E-state index contributed by atoms with van der Waals surface area (Å²) in [5.41, 5.74) is 6.59. The lowest BCUT2D eigenvalue weighted by Gasteiger charge is -2.06. The average Bonchev–Trinajstić information content (AvgIpc) is 2.27. The molecule has 0 aliphatic heterocycles. The molecule has 0 radical (unpaired) electrons. The molecular weight excluding hydrogens is 286 g/mol. The van der Waals surface area contributed by atoms with Gasteiger partial charge in [-0.25, -0.2) is 4.79 Å². The Hall–Kier alpha value is -1.07. The zero-order valence-electron chi connectivity index (χ0n) is 9.74. The summed E-state index contributed by atoms with van der Waals surface area (Å²) in [4.78, 5) is 11.6. The Kier molecular flexibility index (Phi) is 6.00. The van der Waals surface area contributed by atoms with Crippen LogP contribution >= 0.6 is 15.9 Å². The maximum absolute atomic E-state index is 11.6. The Morgan fingerprint density at radius 2 is 2.06 bits per heavy atom. The third-order valence-corrected chi connectivity index (χ3v) is 2.42. The largest absolute Gasteiger partial charge is 0.460 e. The fraction of sp³-hybridized carbons (Fsp3) is 0.417. The Labute approximate surface area is 109 Å². The zero-order chi connectivity index (χ0) is 12.7. The van der Waals surface area contributed by atoms with E-state index in [9.17, 15) is 4.79 Å². The Balaban J connectivity index is 2.41. The molecular formula is C12H16BrNO3. The Morgan fingerprint density at radius 1 is 1.29 bits per heavy atom. The maximum Gasteiger partial charge on any atom is 0.338 e. The smallest absolute Gasteiger partial charge is 0.338 e. The molecule has 0 aromatic heterocycles. The molecule has 0 amide bonds. The standard InChI is InChI=1S/C12H16BrNO3/c1-2-3-16-4-5-17-12(15)9-6-10(13)8-11(14)7-9/h6-8H,2-5,14H2,1H3. The molecule has 0 saturated heterocycles. The minimum atomic E-state index is -0.391. The van der Waals surface area contributed by atoms with Gasteiger partial charge in [-0.2, -0.15) is 0 Å². The summed E-state index contributed by atoms with van der Waals surface area (Å²) >= 11 is 3.27. The second-order valence-electron chi connectivity index (χ2n) is 3.52. The minimum Gasteiger partial charge on any atom is -0.460 e. The molecule has 0 unspecified atom stereocenters. The molecule has 1 rings (SSSR count). The highest BCUT2D eigenvalue weighted by molar-refractivity contribution is 9.10. The summed E-state index contributed by atoms with van der Waals surface area (Å²) in [7, 11) is 0. The van der Waals surface area contributed by atoms with Gasteiger partial charge in [-0.3, -0.25) is 0 Å². The quantitative estimate of drug-likeness (QED) is 0.498. The van der Waals surface area contributed by atoms with Crippen LogP contribution in [0, 0.1) is 0 Å². The number of halogens is 1. The zero-order valence-corrected chi connectivity index (χ0v) is 11.3. The number of ether oxygens (including phenoxy) is 2. The van der Waals surface area contributed by atoms with Gasteiger partial charge in [0.05, 0.1) is 12.2 Å². The number of carbonyl (C=O) groups excluding carboxylic acids is 1. The lowest BCUT2D eigenvalue weighted by Crippen LogP contribution is -2.11. The number of nitrogens with two attached hydrogens (primary N) is 1. The fourth-order valence-corrected chi connectivity index (χ4v) is 1.76. The Morgan fingerprint density at radius 3 is 2.71 bits per heavy atom. The molecule has 0 atom stereocenters. The van der Waals surface area contributed by atoms with Gasteiger partial charge in [0.2, 0.25) is 0 Å². The van der Waals surface area contributed by atoms with Crippen LogP contribution in [-0.2, 0) is 9.47 Å². The highest BCUT2D eigenvalue weighted by Gasteiger charge is 2.08. The van der Waals surface area contributed by atoms with Gasteiger partial charge in [-0.15, -0.1) is 0 Å². The van der Waals surface area contributed by atoms with Crippen LogP contribution in [0.3, 0.4) is 0 Å². The van der Waals surface area contributed by atoms with Crippen molar-refractivity contribution >= 4 is 27.6 Å². The van der Waals surface area contributed by atoms with E-state index in [4.69, 9.17) is 15.2 Å². The number of hydrogen-bond acceptors (Lipinski definition) is 4. The number of rotatable bonds is 6. The van der Waals surface area contributed by atoms with Crippen molar-refractivity contribution in [2.45, 2.75) is 13.3 Å². The molecule has 17 heavy (non-hydrogen) atoms. The fourth-order valence-electron chi connectivity index (χ4n) is 1.25. The van der Waals surface area contributed by atoms with Crippen LogP contribution in [0.15, 0.2) is 22.7 Å². The summed E-state index contributed by atoms with van der Waals surface area (Å²) in [5.74, 6) is -0.391. The van der Waals surface area contributed by atoms with E-state index in [1.807, 2.05) is 6.92 Å². The summed E-state index contributed by atoms with van der Waals surface area (Å²) in [6, 6.07) is 4.98. The molecule has 0 aliphatic carbocycles. The first-order valence-electron chi connectivity index (χ1n) is 5.44. The average molecular weight is 302 g/mol. The number of nitrogen functional groups attached to an aromatic ring is 1. The highest BCUT2D eigenvalue weighted by atomic mass is 79.9. The second kappa shape index (κ2) is 7.29. The molecule has 1 aromatic rings. The molecule has 5 heteroatoms. The predicted octanol–water partition coefficient (Wildman–Crippen LogP) is 2.61. The van der Waals surface area contributed by atoms with E-state index < -0.39 is 5.97 Å². The predicted molar refractivity (Wildman–Crippen MR) is 69.9 cm³/mol. The first-order chi connectivity index (χ1) is 8.13. The topological polar surface area (TPSA) is 61.5 Å². The molecule has 1 aromatic carbocycles. The normalized spacial score (nSPS) is 10.2. The van der Waals surface area contributed by atoms with Crippen LogP contribution in [-0.4, -0.2) is 25.8 Å². The third-order valence-electron chi connectivity index (χ3n) is 1.97. The number of carbonyl (C=O) groups is 1. The van der Waals surface area contributed by atoms with E-state index in [1.54, 1.807) is 18.2 Å². The van der Waals surface area contributed by atoms with Crippen LogP contribution in [0.5, 0.6) is 0 Å². The Bertz CT molecular complexity index is 362. The molecule has 0 spiro atoms. The van der Waals surface area contributed by atoms with Crippen LogP contribution < -0.4 is 5.73 Å². The first-order valence-corrected chi connectivity index (χ1v) is 6.23. The van der Waals surface area contributed by atoms with Gasteiger partial charge in [-0.1, -0.05) is 22.9 Å². The van der Waals surface area contributed by atoms with Crippen molar-refractivity contribution in [1.82, 2.24) is 0 Å². The number of anilines is 1. The van der Waals surface area contributed by atoms with E-state index in [-0.39, 0.29) is 6.61 Å². The van der Waals surface area contributed by atoms with Crippen molar-refractivity contribution < 1.29 is 14.3 Å². The third kappa shape index (κ3) is 5.19. The molecule has 0 fully saturated rings. The first kappa shape index (κ1) is 14.0. The van der Waals surface area contributed by atoms with Crippen molar-refractivity contribution in [3.8, 4) is 0 Å². The van der Waals surface area contributed by atoms with Crippen molar-refractivity contribution in [2.75, 3.05) is 25.6 Å². The molecule has 0 aliphatic rings. The summed E-state index contributed by atoms with van der Waals surface area (Å²) in [6.45, 7) is 3.38. The van der Waals surface area contributed by atoms with Gasteiger partial charge in [0.15, 0.2) is 0 Å². The molecule has 0 heterocycles. The summed E-state index contributed by atoms with van der Waals surface area (Å²) in [6.07, 6.45) is 0.954. The van der Waals surface area contributed by atoms with Crippen LogP contribution in [0.25, 0.3) is 0 Å². The van der Waals surface area contributed by atoms with Gasteiger partial charge in [0, 0.05) is 16.8 Å². The van der Waals surface area contributed by atoms with E-state index in [1.165, 1.54) is 0 Å². The van der Waals surface area contributed by atoms with E-state index >= 15 is 0 Å². The van der Waals surface area contributed by atoms with Crippen LogP contribution in [0.2, 0.25) is 0 Å². The lowest BCUT2D eigenvalue weighted by molar-refractivity contribution is 0.0318. The van der Waals surface area contributed by atoms with Gasteiger partial charge < -0.3 is 15.2 Å². The van der Waals surface area contributed by atoms with E-state index in [2.05, 4.69) is 15.9 Å². The van der Waals surface area contributed by atoms with Crippen molar-refractivity contribution in [3.63, 3.8) is 0 Å². The van der Waals surface area contributed by atoms with E-state index in [0.717, 1.165) is 10.9 Å². The monoisotopic (exact) mass is 301 g/mol. The minimum absolute atomic E-state index is 0.255. The maximum atomic E-state index is 11.6. The number of hydrogen-bond donors (Lipinski definition) is 1. The van der Waals surface area contributed by atoms with Gasteiger partial charge in [-0.05, 0) is 24.6 Å². The summed E-state index contributed by atoms with van der Waals surface area (Å²) < 4.78 is 11.0. The van der Waals surface area contributed by atoms with Crippen molar-refractivity contribution in [1.29, 1.82) is 0 Å². The molecule has 94 valence electrons. The molecule has 2 N–H and O–H groups in total. The van der Waals surface area contributed by atoms with Crippen molar-refractivity contribution in [3.05, 3.63) is 28.2 Å². The van der Waals surface area contributed by atoms with Crippen molar-refractivity contribution in [2.24, 2.45) is 0 Å². The molecule has 4 nitrogen and oxygen atoms in total. The highest BCUT2D eigenvalue weighted by Crippen LogP contribution is 2.17. The lowest BCUT2D eigenvalue weighted by atomic mass is 10.2. The molecule has 0 bridgehead atoms. The van der Waals surface area contributed by atoms with Gasteiger partial charge >= 0.3 is 5.97 Å². The SMILES string of the molecule is CCCOCCOC(=O)c1cc(N)cc(Br)c1. The van der Waals surface area contributed by atoms with Gasteiger partial charge in [0.1, 0.15) is 6.61 Å². The summed E-state index contributed by atoms with van der Waals surface area (Å²) in [5, 5.41) is 0. The van der Waals surface area contributed by atoms with Crippen LogP contribution in [0.4, 0.5) is 5.69 Å².